The molecule has 31 heavy (non-hydrogen) atoms. The number of nitrogens with one attached hydrogen (secondary N) is 3. The van der Waals surface area contributed by atoms with Crippen molar-refractivity contribution in [3.05, 3.63) is 94.5 Å². The highest BCUT2D eigenvalue weighted by Crippen LogP contribution is 2.18. The first kappa shape index (κ1) is 22.3. The fraction of sp³-hybridized carbons (Fsp3) is 0.0870. The Kier molecular flexibility index (Phi) is 7.59. The molecule has 6 nitrogen and oxygen atoms in total. The first-order valence-corrected chi connectivity index (χ1v) is 10.1. The summed E-state index contributed by atoms with van der Waals surface area (Å²) in [5.74, 6) is -0.101. The maximum Gasteiger partial charge on any atom is 0.276 e. The normalized spacial score (nSPS) is 10.1. The van der Waals surface area contributed by atoms with E-state index < -0.39 is 5.91 Å². The molecule has 3 N–H and O–H groups in total. The lowest BCUT2D eigenvalue weighted by atomic mass is 10.0. The Morgan fingerprint density at radius 3 is 2.32 bits per heavy atom. The van der Waals surface area contributed by atoms with Crippen LogP contribution in [0.2, 0.25) is 5.02 Å². The summed E-state index contributed by atoms with van der Waals surface area (Å²) in [6.45, 7) is 1.77. The van der Waals surface area contributed by atoms with Crippen LogP contribution in [0.25, 0.3) is 0 Å². The van der Waals surface area contributed by atoms with Gasteiger partial charge in [-0.3, -0.25) is 20.4 Å². The fourth-order valence-electron chi connectivity index (χ4n) is 2.61. The Balaban J connectivity index is 1.44. The molecule has 0 unspecified atom stereocenters. The van der Waals surface area contributed by atoms with E-state index in [1.54, 1.807) is 48.5 Å². The molecule has 3 aromatic carbocycles. The van der Waals surface area contributed by atoms with E-state index in [-0.39, 0.29) is 17.5 Å². The molecule has 0 saturated heterocycles. The number of ketones is 1. The van der Waals surface area contributed by atoms with Crippen molar-refractivity contribution in [2.45, 2.75) is 6.92 Å². The molecule has 158 valence electrons. The van der Waals surface area contributed by atoms with Crippen molar-refractivity contribution in [1.82, 2.24) is 10.9 Å². The van der Waals surface area contributed by atoms with Crippen LogP contribution in [0.1, 0.15) is 21.5 Å². The molecule has 0 heterocycles. The average Bonchev–Trinajstić information content (AvgIpc) is 2.77. The van der Waals surface area contributed by atoms with Gasteiger partial charge in [-0.15, -0.1) is 0 Å². The van der Waals surface area contributed by atoms with Crippen LogP contribution in [0.3, 0.4) is 0 Å². The third kappa shape index (κ3) is 6.80. The first-order valence-electron chi connectivity index (χ1n) is 9.36. The number of anilines is 1. The number of ether oxygens (including phenoxy) is 1. The second-order valence-electron chi connectivity index (χ2n) is 6.65. The van der Waals surface area contributed by atoms with Gasteiger partial charge in [0.1, 0.15) is 5.75 Å². The summed E-state index contributed by atoms with van der Waals surface area (Å²) in [5, 5.41) is 3.71. The summed E-state index contributed by atoms with van der Waals surface area (Å²) >= 11 is 11.1. The van der Waals surface area contributed by atoms with Crippen LogP contribution in [0.15, 0.2) is 72.8 Å². The quantitative estimate of drug-likeness (QED) is 0.294. The number of thiocarbonyl (C=S) groups is 1. The molecule has 0 aromatic heterocycles. The number of rotatable bonds is 6. The molecular formula is C23H20ClN3O3S. The molecule has 3 rings (SSSR count). The van der Waals surface area contributed by atoms with Crippen molar-refractivity contribution in [2.75, 3.05) is 11.9 Å². The zero-order valence-corrected chi connectivity index (χ0v) is 18.2. The molecule has 3 aromatic rings. The monoisotopic (exact) mass is 453 g/mol. The third-order valence-electron chi connectivity index (χ3n) is 4.20. The highest BCUT2D eigenvalue weighted by Gasteiger charge is 2.10. The highest BCUT2D eigenvalue weighted by molar-refractivity contribution is 7.80. The number of carbonyl (C=O) groups is 2. The van der Waals surface area contributed by atoms with E-state index >= 15 is 0 Å². The van der Waals surface area contributed by atoms with Crippen molar-refractivity contribution in [1.29, 1.82) is 0 Å². The second kappa shape index (κ2) is 10.6. The summed E-state index contributed by atoms with van der Waals surface area (Å²) in [6.07, 6.45) is 0. The summed E-state index contributed by atoms with van der Waals surface area (Å²) in [5.41, 5.74) is 8.01. The van der Waals surface area contributed by atoms with Crippen molar-refractivity contribution in [3.63, 3.8) is 0 Å². The molecule has 8 heteroatoms. The number of hydrogen-bond donors (Lipinski definition) is 3. The van der Waals surface area contributed by atoms with Crippen molar-refractivity contribution >= 4 is 46.3 Å². The summed E-state index contributed by atoms with van der Waals surface area (Å²) in [7, 11) is 0. The lowest BCUT2D eigenvalue weighted by Crippen LogP contribution is -2.45. The van der Waals surface area contributed by atoms with Gasteiger partial charge in [0.05, 0.1) is 0 Å². The van der Waals surface area contributed by atoms with Crippen LogP contribution >= 0.6 is 23.8 Å². The zero-order chi connectivity index (χ0) is 22.2. The third-order valence-corrected chi connectivity index (χ3v) is 4.64. The van der Waals surface area contributed by atoms with Crippen molar-refractivity contribution < 1.29 is 14.3 Å². The van der Waals surface area contributed by atoms with Crippen LogP contribution in [0.4, 0.5) is 5.69 Å². The Labute approximate surface area is 190 Å². The maximum atomic E-state index is 12.5. The van der Waals surface area contributed by atoms with Crippen LogP contribution in [0, 0.1) is 6.92 Å². The number of aryl methyl sites for hydroxylation is 1. The molecule has 0 saturated carbocycles. The van der Waals surface area contributed by atoms with Gasteiger partial charge in [0.25, 0.3) is 5.91 Å². The zero-order valence-electron chi connectivity index (χ0n) is 16.6. The molecule has 1 amide bonds. The van der Waals surface area contributed by atoms with E-state index in [4.69, 9.17) is 28.6 Å². The first-order chi connectivity index (χ1) is 14.9. The van der Waals surface area contributed by atoms with Crippen LogP contribution < -0.4 is 20.9 Å². The number of benzene rings is 3. The van der Waals surface area contributed by atoms with E-state index in [0.29, 0.717) is 21.9 Å². The highest BCUT2D eigenvalue weighted by atomic mass is 35.5. The summed E-state index contributed by atoms with van der Waals surface area (Å²) < 4.78 is 5.44. The van der Waals surface area contributed by atoms with Gasteiger partial charge in [0.2, 0.25) is 0 Å². The van der Waals surface area contributed by atoms with Crippen LogP contribution in [-0.2, 0) is 4.79 Å². The molecule has 0 radical (unpaired) electrons. The van der Waals surface area contributed by atoms with Gasteiger partial charge in [0, 0.05) is 21.8 Å². The number of hydrazine groups is 1. The van der Waals surface area contributed by atoms with E-state index in [9.17, 15) is 9.59 Å². The standard InChI is InChI=1S/C23H20ClN3O3S/c1-15-5-9-19(10-6-15)25-23(31)27-26-21(28)14-30-20-11-7-16(8-12-20)22(29)17-3-2-4-18(24)13-17/h2-13H,14H2,1H3,(H,26,28)(H2,25,27,31). The second-order valence-corrected chi connectivity index (χ2v) is 7.49. The number of halogens is 1. The molecule has 0 aliphatic carbocycles. The molecular weight excluding hydrogens is 434 g/mol. The van der Waals surface area contributed by atoms with Gasteiger partial charge in [-0.1, -0.05) is 41.4 Å². The summed E-state index contributed by atoms with van der Waals surface area (Å²) in [4.78, 5) is 24.4. The Morgan fingerprint density at radius 2 is 1.65 bits per heavy atom. The minimum atomic E-state index is -0.410. The van der Waals surface area contributed by atoms with Gasteiger partial charge in [-0.25, -0.2) is 0 Å². The van der Waals surface area contributed by atoms with E-state index in [2.05, 4.69) is 16.2 Å². The number of carbonyl (C=O) groups excluding carboxylic acids is 2. The lowest BCUT2D eigenvalue weighted by Gasteiger charge is -2.12. The Bertz CT molecular complexity index is 1090. The minimum Gasteiger partial charge on any atom is -0.484 e. The smallest absolute Gasteiger partial charge is 0.276 e. The van der Waals surface area contributed by atoms with Gasteiger partial charge in [0.15, 0.2) is 17.5 Å². The molecule has 0 fully saturated rings. The van der Waals surface area contributed by atoms with E-state index in [1.165, 1.54) is 0 Å². The van der Waals surface area contributed by atoms with E-state index in [1.807, 2.05) is 31.2 Å². The van der Waals surface area contributed by atoms with Gasteiger partial charge in [-0.05, 0) is 67.7 Å². The number of hydrogen-bond acceptors (Lipinski definition) is 4. The lowest BCUT2D eigenvalue weighted by molar-refractivity contribution is -0.123. The molecule has 0 aliphatic rings. The van der Waals surface area contributed by atoms with Crippen molar-refractivity contribution in [3.8, 4) is 5.75 Å². The van der Waals surface area contributed by atoms with Crippen LogP contribution in [0.5, 0.6) is 5.75 Å². The Hall–Kier alpha value is -3.42. The average molecular weight is 454 g/mol. The van der Waals surface area contributed by atoms with Crippen molar-refractivity contribution in [2.24, 2.45) is 0 Å². The predicted octanol–water partition coefficient (Wildman–Crippen LogP) is 4.28. The molecule has 0 aliphatic heterocycles. The maximum absolute atomic E-state index is 12.5. The number of amides is 1. The predicted molar refractivity (Wildman–Crippen MR) is 125 cm³/mol. The molecule has 0 spiro atoms. The van der Waals surface area contributed by atoms with Gasteiger partial charge < -0.3 is 10.1 Å². The molecule has 0 atom stereocenters. The largest absolute Gasteiger partial charge is 0.484 e. The summed E-state index contributed by atoms with van der Waals surface area (Å²) in [6, 6.07) is 20.9. The SMILES string of the molecule is Cc1ccc(NC(=S)NNC(=O)COc2ccc(C(=O)c3cccc(Cl)c3)cc2)cc1. The Morgan fingerprint density at radius 1 is 0.935 bits per heavy atom. The molecule has 0 bridgehead atoms. The van der Waals surface area contributed by atoms with Crippen LogP contribution in [-0.4, -0.2) is 23.4 Å². The topological polar surface area (TPSA) is 79.5 Å². The van der Waals surface area contributed by atoms with Gasteiger partial charge >= 0.3 is 0 Å². The fourth-order valence-corrected chi connectivity index (χ4v) is 2.97. The van der Waals surface area contributed by atoms with E-state index in [0.717, 1.165) is 11.3 Å². The van der Waals surface area contributed by atoms with Gasteiger partial charge in [-0.2, -0.15) is 0 Å². The minimum absolute atomic E-state index is 0.148.